The van der Waals surface area contributed by atoms with Crippen molar-refractivity contribution < 1.29 is 80.2 Å². The highest BCUT2D eigenvalue weighted by molar-refractivity contribution is 7.47. The summed E-state index contributed by atoms with van der Waals surface area (Å²) >= 11 is 0. The molecule has 5 unspecified atom stereocenters. The summed E-state index contributed by atoms with van der Waals surface area (Å²) in [6.07, 6.45) is 72.5. The maximum Gasteiger partial charge on any atom is 0.472 e. The van der Waals surface area contributed by atoms with Crippen molar-refractivity contribution in [3.63, 3.8) is 0 Å². The fourth-order valence-electron chi connectivity index (χ4n) is 9.67. The van der Waals surface area contributed by atoms with Gasteiger partial charge in [0.1, 0.15) is 19.3 Å². The number of unbranched alkanes of at least 4 members (excludes halogenated alkanes) is 25. The normalized spacial score (nSPS) is 14.6. The molecule has 0 radical (unpaired) electrons. The standard InChI is InChI=1S/C77H132O17P2/c1-5-9-13-17-21-25-29-31-33-34-35-36-38-39-43-46-50-54-58-62-75(80)88-68-73(94-77(82)64-60-56-52-48-44-40-37-32-30-26-22-18-14-10-6-2)70-92-96(85,86)90-66-71(78)65-89-95(83,84)91-69-72(93-76(81)63-59-55-51-47-42-28-24-20-16-12-8-4)67-87-74(79)61-57-53-49-45-41-27-23-19-15-11-7-3/h9-10,13-14,21-22,25-26,31-33,35-37,39,43,50,54,71-73,78H,5-8,11-12,15-20,23-24,27-30,34,38,40-42,44-49,51-53,55-70H2,1-4H3,(H,83,84)(H,85,86)/b13-9-,14-10-,25-21-,26-22-,33-31-,36-35-,37-32-,43-39-,54-50-. The molecule has 0 amide bonds. The van der Waals surface area contributed by atoms with Crippen LogP contribution in [-0.2, 0) is 65.4 Å². The van der Waals surface area contributed by atoms with Gasteiger partial charge in [0.2, 0.25) is 0 Å². The second-order valence-corrected chi connectivity index (χ2v) is 27.4. The largest absolute Gasteiger partial charge is 0.472 e. The Balaban J connectivity index is 5.39. The van der Waals surface area contributed by atoms with Crippen LogP contribution in [0.1, 0.15) is 297 Å². The van der Waals surface area contributed by atoms with Crippen molar-refractivity contribution in [2.75, 3.05) is 39.6 Å². The Labute approximate surface area is 581 Å². The van der Waals surface area contributed by atoms with Crippen LogP contribution in [0, 0.1) is 0 Å². The first-order valence-corrected chi connectivity index (χ1v) is 40.1. The number of rotatable bonds is 69. The molecule has 0 aromatic carbocycles. The predicted molar refractivity (Wildman–Crippen MR) is 390 cm³/mol. The Kier molecular flexibility index (Phi) is 66.1. The SMILES string of the molecule is CC/C=C\C/C=C\C/C=C\C/C=C\C/C=C\C/C=C\CCC(=O)OCC(COP(=O)(O)OCC(O)COP(=O)(O)OCC(COC(=O)CCCCCCCCCCCCC)OC(=O)CCCCCCCCCCCCC)OC(=O)CCCCCCC/C=C\C/C=C\C/C=C\CC. The summed E-state index contributed by atoms with van der Waals surface area (Å²) in [5, 5.41) is 10.6. The van der Waals surface area contributed by atoms with Gasteiger partial charge in [-0.25, -0.2) is 9.13 Å². The van der Waals surface area contributed by atoms with E-state index >= 15 is 0 Å². The lowest BCUT2D eigenvalue weighted by Crippen LogP contribution is -2.30. The molecule has 3 N–H and O–H groups in total. The van der Waals surface area contributed by atoms with Crippen LogP contribution in [0.4, 0.5) is 0 Å². The lowest BCUT2D eigenvalue weighted by Gasteiger charge is -2.21. The zero-order chi connectivity index (χ0) is 70.4. The van der Waals surface area contributed by atoms with Crippen molar-refractivity contribution in [2.45, 2.75) is 316 Å². The molecule has 0 heterocycles. The molecular weight excluding hydrogens is 1260 g/mol. The van der Waals surface area contributed by atoms with Crippen LogP contribution < -0.4 is 0 Å². The van der Waals surface area contributed by atoms with Gasteiger partial charge in [-0.1, -0.05) is 285 Å². The van der Waals surface area contributed by atoms with Gasteiger partial charge in [0.25, 0.3) is 0 Å². The number of esters is 4. The van der Waals surface area contributed by atoms with Gasteiger partial charge in [0.15, 0.2) is 12.2 Å². The summed E-state index contributed by atoms with van der Waals surface area (Å²) in [4.78, 5) is 72.6. The quantitative estimate of drug-likeness (QED) is 0.0169. The van der Waals surface area contributed by atoms with E-state index in [1.807, 2.05) is 18.2 Å². The highest BCUT2D eigenvalue weighted by atomic mass is 31.2. The van der Waals surface area contributed by atoms with E-state index in [0.717, 1.165) is 128 Å². The van der Waals surface area contributed by atoms with Gasteiger partial charge in [0, 0.05) is 25.7 Å². The number of aliphatic hydroxyl groups is 1. The number of aliphatic hydroxyl groups excluding tert-OH is 1. The molecule has 5 atom stereocenters. The topological polar surface area (TPSA) is 237 Å². The molecule has 0 saturated carbocycles. The van der Waals surface area contributed by atoms with E-state index in [1.54, 1.807) is 0 Å². The number of carbonyl (C=O) groups is 4. The van der Waals surface area contributed by atoms with E-state index in [9.17, 15) is 43.2 Å². The van der Waals surface area contributed by atoms with Crippen LogP contribution in [0.15, 0.2) is 109 Å². The van der Waals surface area contributed by atoms with Crippen LogP contribution in [0.25, 0.3) is 0 Å². The molecule has 0 spiro atoms. The molecule has 0 rings (SSSR count). The first-order chi connectivity index (χ1) is 46.7. The van der Waals surface area contributed by atoms with E-state index in [-0.39, 0.29) is 25.7 Å². The molecule has 0 saturated heterocycles. The maximum atomic E-state index is 13.1. The summed E-state index contributed by atoms with van der Waals surface area (Å²) in [5.74, 6) is -2.28. The number of carbonyl (C=O) groups excluding carboxylic acids is 4. The predicted octanol–water partition coefficient (Wildman–Crippen LogP) is 21.0. The average molecular weight is 1390 g/mol. The highest BCUT2D eigenvalue weighted by Crippen LogP contribution is 2.45. The maximum absolute atomic E-state index is 13.1. The van der Waals surface area contributed by atoms with Gasteiger partial charge in [-0.15, -0.1) is 0 Å². The Morgan fingerprint density at radius 3 is 0.896 bits per heavy atom. The molecule has 0 aliphatic heterocycles. The second kappa shape index (κ2) is 69.2. The third kappa shape index (κ3) is 68.3. The van der Waals surface area contributed by atoms with E-state index in [4.69, 9.17) is 37.0 Å². The summed E-state index contributed by atoms with van der Waals surface area (Å²) in [7, 11) is -9.96. The van der Waals surface area contributed by atoms with Gasteiger partial charge < -0.3 is 33.8 Å². The Hall–Kier alpha value is -4.28. The average Bonchev–Trinajstić information content (AvgIpc) is 1.41. The third-order valence-electron chi connectivity index (χ3n) is 15.3. The van der Waals surface area contributed by atoms with Crippen LogP contribution in [0.2, 0.25) is 0 Å². The number of hydrogen-bond donors (Lipinski definition) is 3. The molecule has 96 heavy (non-hydrogen) atoms. The number of hydrogen-bond acceptors (Lipinski definition) is 15. The lowest BCUT2D eigenvalue weighted by atomic mass is 10.1. The zero-order valence-electron chi connectivity index (χ0n) is 60.0. The Bertz CT molecular complexity index is 2250. The fraction of sp³-hybridized carbons (Fsp3) is 0.714. The van der Waals surface area contributed by atoms with E-state index in [1.165, 1.54) is 83.5 Å². The smallest absolute Gasteiger partial charge is 0.462 e. The second-order valence-electron chi connectivity index (χ2n) is 24.5. The van der Waals surface area contributed by atoms with Crippen LogP contribution in [0.3, 0.4) is 0 Å². The van der Waals surface area contributed by atoms with Gasteiger partial charge in [-0.05, 0) is 96.3 Å². The summed E-state index contributed by atoms with van der Waals surface area (Å²) in [6.45, 7) is 4.53. The van der Waals surface area contributed by atoms with Gasteiger partial charge >= 0.3 is 39.5 Å². The minimum atomic E-state index is -4.99. The van der Waals surface area contributed by atoms with Crippen LogP contribution in [-0.4, -0.2) is 96.7 Å². The molecule has 19 heteroatoms. The number of allylic oxidation sites excluding steroid dienone is 18. The lowest BCUT2D eigenvalue weighted by molar-refractivity contribution is -0.161. The first kappa shape index (κ1) is 91.7. The molecule has 0 aliphatic carbocycles. The fourth-order valence-corrected chi connectivity index (χ4v) is 11.3. The molecule has 0 aromatic rings. The number of ether oxygens (including phenoxy) is 4. The number of phosphoric acid groups is 2. The molecule has 0 fully saturated rings. The Morgan fingerprint density at radius 1 is 0.302 bits per heavy atom. The molecule has 17 nitrogen and oxygen atoms in total. The van der Waals surface area contributed by atoms with Crippen molar-refractivity contribution in [1.29, 1.82) is 0 Å². The summed E-state index contributed by atoms with van der Waals surface area (Å²) in [6, 6.07) is 0. The third-order valence-corrected chi connectivity index (χ3v) is 17.2. The van der Waals surface area contributed by atoms with Gasteiger partial charge in [0.05, 0.1) is 26.4 Å². The molecule has 0 aromatic heterocycles. The van der Waals surface area contributed by atoms with Gasteiger partial charge in [-0.3, -0.25) is 37.3 Å². The highest BCUT2D eigenvalue weighted by Gasteiger charge is 2.30. The summed E-state index contributed by atoms with van der Waals surface area (Å²) in [5.41, 5.74) is 0. The van der Waals surface area contributed by atoms with Crippen LogP contribution >= 0.6 is 15.6 Å². The zero-order valence-corrected chi connectivity index (χ0v) is 61.8. The van der Waals surface area contributed by atoms with Gasteiger partial charge in [-0.2, -0.15) is 0 Å². The van der Waals surface area contributed by atoms with E-state index < -0.39 is 97.5 Å². The molecular formula is C77H132O17P2. The minimum absolute atomic E-state index is 0.0311. The van der Waals surface area contributed by atoms with Crippen molar-refractivity contribution in [3.8, 4) is 0 Å². The molecule has 552 valence electrons. The van der Waals surface area contributed by atoms with Crippen molar-refractivity contribution >= 4 is 39.5 Å². The monoisotopic (exact) mass is 1390 g/mol. The van der Waals surface area contributed by atoms with E-state index in [0.29, 0.717) is 32.1 Å². The molecule has 0 bridgehead atoms. The van der Waals surface area contributed by atoms with E-state index in [2.05, 4.69) is 119 Å². The van der Waals surface area contributed by atoms with Crippen molar-refractivity contribution in [2.24, 2.45) is 0 Å². The minimum Gasteiger partial charge on any atom is -0.462 e. The summed E-state index contributed by atoms with van der Waals surface area (Å²) < 4.78 is 68.2. The number of phosphoric ester groups is 2. The van der Waals surface area contributed by atoms with Crippen molar-refractivity contribution in [1.82, 2.24) is 0 Å². The first-order valence-electron chi connectivity index (χ1n) is 37.1. The van der Waals surface area contributed by atoms with Crippen molar-refractivity contribution in [3.05, 3.63) is 109 Å². The molecule has 0 aliphatic rings. The van der Waals surface area contributed by atoms with Crippen LogP contribution in [0.5, 0.6) is 0 Å². The Morgan fingerprint density at radius 2 is 0.562 bits per heavy atom.